The summed E-state index contributed by atoms with van der Waals surface area (Å²) in [6.07, 6.45) is 1.65. The van der Waals surface area contributed by atoms with E-state index in [1.807, 2.05) is 0 Å². The minimum Gasteiger partial charge on any atom is -0.396 e. The number of nitrogens with two attached hydrogens (primary N) is 1. The third-order valence-corrected chi connectivity index (χ3v) is 3.40. The van der Waals surface area contributed by atoms with E-state index in [1.54, 1.807) is 30.5 Å². The van der Waals surface area contributed by atoms with Crippen molar-refractivity contribution >= 4 is 29.1 Å². The molecule has 0 aliphatic carbocycles. The first-order valence-electron chi connectivity index (χ1n) is 4.93. The van der Waals surface area contributed by atoms with Gasteiger partial charge in [0.05, 0.1) is 11.4 Å². The number of aromatic nitrogens is 1. The predicted octanol–water partition coefficient (Wildman–Crippen LogP) is 3.75. The molecule has 0 fully saturated rings. The molecule has 2 nitrogen and oxygen atoms in total. The molecule has 2 N–H and O–H groups in total. The quantitative estimate of drug-likeness (QED) is 0.681. The molecule has 2 rings (SSSR count). The zero-order valence-corrected chi connectivity index (χ0v) is 10.4. The molecule has 2 aromatic rings. The number of benzene rings is 1. The van der Waals surface area contributed by atoms with E-state index in [2.05, 4.69) is 4.98 Å². The van der Waals surface area contributed by atoms with Gasteiger partial charge in [0.15, 0.2) is 0 Å². The summed E-state index contributed by atoms with van der Waals surface area (Å²) in [5.41, 5.74) is 6.42. The number of anilines is 1. The van der Waals surface area contributed by atoms with Gasteiger partial charge < -0.3 is 5.73 Å². The predicted molar refractivity (Wildman–Crippen MR) is 69.6 cm³/mol. The second-order valence-electron chi connectivity index (χ2n) is 3.44. The summed E-state index contributed by atoms with van der Waals surface area (Å²) >= 11 is 7.34. The molecule has 0 amide bonds. The van der Waals surface area contributed by atoms with Crippen LogP contribution < -0.4 is 5.73 Å². The highest BCUT2D eigenvalue weighted by molar-refractivity contribution is 7.98. The normalized spacial score (nSPS) is 10.5. The first kappa shape index (κ1) is 12.2. The van der Waals surface area contributed by atoms with Gasteiger partial charge in [-0.25, -0.2) is 4.39 Å². The largest absolute Gasteiger partial charge is 0.396 e. The van der Waals surface area contributed by atoms with E-state index in [-0.39, 0.29) is 5.69 Å². The molecule has 0 spiro atoms. The van der Waals surface area contributed by atoms with Gasteiger partial charge >= 0.3 is 0 Å². The molecule has 0 aliphatic heterocycles. The highest BCUT2D eigenvalue weighted by atomic mass is 35.5. The van der Waals surface area contributed by atoms with Gasteiger partial charge in [0.25, 0.3) is 0 Å². The van der Waals surface area contributed by atoms with Crippen molar-refractivity contribution in [3.8, 4) is 0 Å². The van der Waals surface area contributed by atoms with Crippen LogP contribution in [0.3, 0.4) is 0 Å². The van der Waals surface area contributed by atoms with Gasteiger partial charge in [-0.1, -0.05) is 11.6 Å². The van der Waals surface area contributed by atoms with Gasteiger partial charge in [-0.3, -0.25) is 4.98 Å². The zero-order valence-electron chi connectivity index (χ0n) is 8.86. The molecule has 88 valence electrons. The number of pyridine rings is 1. The Bertz CT molecular complexity index is 534. The Balaban J connectivity index is 2.05. The van der Waals surface area contributed by atoms with Crippen LogP contribution in [0.5, 0.6) is 0 Å². The van der Waals surface area contributed by atoms with Crippen molar-refractivity contribution in [3.63, 3.8) is 0 Å². The Labute approximate surface area is 108 Å². The molecule has 0 atom stereocenters. The molecule has 0 saturated carbocycles. The van der Waals surface area contributed by atoms with Crippen LogP contribution in [0.1, 0.15) is 5.69 Å². The molecule has 1 aromatic heterocycles. The smallest absolute Gasteiger partial charge is 0.147 e. The van der Waals surface area contributed by atoms with E-state index in [1.165, 1.54) is 17.8 Å². The molecular weight excluding hydrogens is 259 g/mol. The van der Waals surface area contributed by atoms with Crippen molar-refractivity contribution in [2.24, 2.45) is 0 Å². The average molecular weight is 269 g/mol. The molecule has 1 aromatic carbocycles. The molecule has 17 heavy (non-hydrogen) atoms. The number of thioether (sulfide) groups is 1. The monoisotopic (exact) mass is 268 g/mol. The van der Waals surface area contributed by atoms with Crippen LogP contribution in [0.4, 0.5) is 10.1 Å². The summed E-state index contributed by atoms with van der Waals surface area (Å²) in [5.74, 6) is 0.248. The van der Waals surface area contributed by atoms with Crippen molar-refractivity contribution in [1.82, 2.24) is 4.98 Å². The fraction of sp³-hybridized carbons (Fsp3) is 0.0833. The third kappa shape index (κ3) is 3.35. The number of hydrogen-bond acceptors (Lipinski definition) is 3. The first-order chi connectivity index (χ1) is 8.15. The zero-order chi connectivity index (χ0) is 12.3. The van der Waals surface area contributed by atoms with Gasteiger partial charge in [0, 0.05) is 21.9 Å². The van der Waals surface area contributed by atoms with Crippen molar-refractivity contribution in [1.29, 1.82) is 0 Å². The SMILES string of the molecule is Nc1ccc(SCc2cc(Cl)ccn2)cc1F. The molecule has 0 saturated heterocycles. The van der Waals surface area contributed by atoms with Crippen molar-refractivity contribution in [3.05, 3.63) is 53.1 Å². The molecule has 0 aliphatic rings. The topological polar surface area (TPSA) is 38.9 Å². The Morgan fingerprint density at radius 1 is 1.29 bits per heavy atom. The van der Waals surface area contributed by atoms with Crippen LogP contribution in [-0.2, 0) is 5.75 Å². The Morgan fingerprint density at radius 3 is 2.82 bits per heavy atom. The lowest BCUT2D eigenvalue weighted by atomic mass is 10.3. The van der Waals surface area contributed by atoms with E-state index >= 15 is 0 Å². The van der Waals surface area contributed by atoms with Crippen molar-refractivity contribution < 1.29 is 4.39 Å². The maximum absolute atomic E-state index is 13.2. The van der Waals surface area contributed by atoms with Crippen LogP contribution in [0.25, 0.3) is 0 Å². The molecule has 0 unspecified atom stereocenters. The maximum atomic E-state index is 13.2. The van der Waals surface area contributed by atoms with Gasteiger partial charge in [0.1, 0.15) is 5.82 Å². The number of nitrogen functional groups attached to an aromatic ring is 1. The Hall–Kier alpha value is -1.26. The lowest BCUT2D eigenvalue weighted by molar-refractivity contribution is 0.629. The van der Waals surface area contributed by atoms with Crippen LogP contribution in [0.2, 0.25) is 5.02 Å². The summed E-state index contributed by atoms with van der Waals surface area (Å²) < 4.78 is 13.2. The molecule has 5 heteroatoms. The van der Waals surface area contributed by atoms with E-state index in [4.69, 9.17) is 17.3 Å². The van der Waals surface area contributed by atoms with E-state index in [9.17, 15) is 4.39 Å². The van der Waals surface area contributed by atoms with Crippen molar-refractivity contribution in [2.45, 2.75) is 10.6 Å². The molecule has 1 heterocycles. The summed E-state index contributed by atoms with van der Waals surface area (Å²) in [6.45, 7) is 0. The summed E-state index contributed by atoms with van der Waals surface area (Å²) in [5, 5.41) is 0.652. The summed E-state index contributed by atoms with van der Waals surface area (Å²) in [6, 6.07) is 8.28. The number of hydrogen-bond donors (Lipinski definition) is 1. The van der Waals surface area contributed by atoms with Gasteiger partial charge in [-0.15, -0.1) is 11.8 Å². The first-order valence-corrected chi connectivity index (χ1v) is 6.30. The van der Waals surface area contributed by atoms with Gasteiger partial charge in [0.2, 0.25) is 0 Å². The van der Waals surface area contributed by atoms with Crippen LogP contribution in [0, 0.1) is 5.82 Å². The number of halogens is 2. The number of rotatable bonds is 3. The second-order valence-corrected chi connectivity index (χ2v) is 4.92. The average Bonchev–Trinajstić information content (AvgIpc) is 2.31. The van der Waals surface area contributed by atoms with E-state index in [0.717, 1.165) is 10.6 Å². The van der Waals surface area contributed by atoms with Crippen LogP contribution in [0.15, 0.2) is 41.4 Å². The minimum atomic E-state index is -0.394. The minimum absolute atomic E-state index is 0.162. The van der Waals surface area contributed by atoms with E-state index < -0.39 is 5.82 Å². The highest BCUT2D eigenvalue weighted by Crippen LogP contribution is 2.25. The van der Waals surface area contributed by atoms with Gasteiger partial charge in [-0.2, -0.15) is 0 Å². The standard InChI is InChI=1S/C12H10ClFN2S/c13-8-3-4-16-9(5-8)7-17-10-1-2-12(15)11(14)6-10/h1-6H,7,15H2. The lowest BCUT2D eigenvalue weighted by Gasteiger charge is -2.03. The molecular formula is C12H10ClFN2S. The fourth-order valence-corrected chi connectivity index (χ4v) is 2.29. The van der Waals surface area contributed by atoms with E-state index in [0.29, 0.717) is 10.8 Å². The maximum Gasteiger partial charge on any atom is 0.147 e. The van der Waals surface area contributed by atoms with Gasteiger partial charge in [-0.05, 0) is 30.3 Å². The van der Waals surface area contributed by atoms with Crippen LogP contribution in [-0.4, -0.2) is 4.98 Å². The molecule has 0 radical (unpaired) electrons. The second kappa shape index (κ2) is 5.38. The number of nitrogens with zero attached hydrogens (tertiary/aromatic N) is 1. The third-order valence-electron chi connectivity index (χ3n) is 2.14. The van der Waals surface area contributed by atoms with Crippen LogP contribution >= 0.6 is 23.4 Å². The summed E-state index contributed by atoms with van der Waals surface area (Å²) in [4.78, 5) is 4.99. The lowest BCUT2D eigenvalue weighted by Crippen LogP contribution is -1.90. The Morgan fingerprint density at radius 2 is 2.12 bits per heavy atom. The molecule has 0 bridgehead atoms. The Kier molecular flexibility index (Phi) is 3.86. The summed E-state index contributed by atoms with van der Waals surface area (Å²) in [7, 11) is 0. The highest BCUT2D eigenvalue weighted by Gasteiger charge is 2.02. The fourth-order valence-electron chi connectivity index (χ4n) is 1.28. The van der Waals surface area contributed by atoms with Crippen molar-refractivity contribution in [2.75, 3.05) is 5.73 Å².